The monoisotopic (exact) mass is 259 g/mol. The van der Waals surface area contributed by atoms with Gasteiger partial charge in [0.25, 0.3) is 0 Å². The van der Waals surface area contributed by atoms with Gasteiger partial charge in [-0.15, -0.1) is 0 Å². The highest BCUT2D eigenvalue weighted by atomic mass is 35.5. The summed E-state index contributed by atoms with van der Waals surface area (Å²) in [6.07, 6.45) is 2.10. The molecule has 0 bridgehead atoms. The van der Waals surface area contributed by atoms with Crippen molar-refractivity contribution >= 4 is 23.2 Å². The zero-order valence-corrected chi connectivity index (χ0v) is 11.6. The molecule has 1 nitrogen and oxygen atoms in total. The molecule has 1 aromatic carbocycles. The molecular formula is C13H19Cl2N. The van der Waals surface area contributed by atoms with Crippen LogP contribution in [0.1, 0.15) is 25.8 Å². The van der Waals surface area contributed by atoms with Crippen LogP contribution < -0.4 is 5.32 Å². The molecule has 1 rings (SSSR count). The quantitative estimate of drug-likeness (QED) is 0.837. The first-order chi connectivity index (χ1) is 7.58. The Hall–Kier alpha value is -0.240. The van der Waals surface area contributed by atoms with E-state index in [2.05, 4.69) is 19.2 Å². The van der Waals surface area contributed by atoms with Crippen LogP contribution in [-0.4, -0.2) is 13.1 Å². The van der Waals surface area contributed by atoms with E-state index in [1.807, 2.05) is 25.2 Å². The smallest absolute Gasteiger partial charge is 0.0439 e. The molecule has 0 amide bonds. The molecule has 0 heterocycles. The molecule has 0 radical (unpaired) electrons. The summed E-state index contributed by atoms with van der Waals surface area (Å²) in [5, 5.41) is 4.86. The predicted molar refractivity (Wildman–Crippen MR) is 72.5 cm³/mol. The number of nitrogens with one attached hydrogen (secondary N) is 1. The van der Waals surface area contributed by atoms with E-state index >= 15 is 0 Å². The highest BCUT2D eigenvalue weighted by Gasteiger charge is 2.15. The Labute approximate surface area is 108 Å². The van der Waals surface area contributed by atoms with E-state index in [1.54, 1.807) is 0 Å². The van der Waals surface area contributed by atoms with Crippen LogP contribution in [-0.2, 0) is 6.42 Å². The minimum Gasteiger partial charge on any atom is -0.317 e. The van der Waals surface area contributed by atoms with E-state index in [-0.39, 0.29) is 0 Å². The third-order valence-corrected chi connectivity index (χ3v) is 3.78. The number of benzene rings is 1. The van der Waals surface area contributed by atoms with E-state index in [0.717, 1.165) is 28.5 Å². The molecule has 3 heteroatoms. The van der Waals surface area contributed by atoms with Gasteiger partial charge in [-0.3, -0.25) is 0 Å². The normalized spacial score (nSPS) is 14.8. The van der Waals surface area contributed by atoms with Gasteiger partial charge in [-0.05, 0) is 50.1 Å². The van der Waals surface area contributed by atoms with Crippen LogP contribution in [0.5, 0.6) is 0 Å². The average Bonchev–Trinajstić information content (AvgIpc) is 2.29. The lowest BCUT2D eigenvalue weighted by Crippen LogP contribution is -2.31. The maximum atomic E-state index is 6.17. The van der Waals surface area contributed by atoms with Crippen LogP contribution in [0.25, 0.3) is 0 Å². The summed E-state index contributed by atoms with van der Waals surface area (Å²) in [7, 11) is 1.99. The largest absolute Gasteiger partial charge is 0.317 e. The molecular weight excluding hydrogens is 241 g/mol. The van der Waals surface area contributed by atoms with Crippen molar-refractivity contribution in [2.24, 2.45) is 5.92 Å². The molecule has 1 aromatic rings. The highest BCUT2D eigenvalue weighted by molar-refractivity contribution is 6.33. The molecule has 0 saturated carbocycles. The summed E-state index contributed by atoms with van der Waals surface area (Å²) in [6.45, 7) is 4.41. The fourth-order valence-electron chi connectivity index (χ4n) is 1.89. The number of rotatable bonds is 5. The Morgan fingerprint density at radius 3 is 2.56 bits per heavy atom. The standard InChI is InChI=1S/C13H19Cl2N/c1-4-10(9(2)16-3)7-11-8-12(14)5-6-13(11)15/h5-6,8-10,16H,4,7H2,1-3H3. The van der Waals surface area contributed by atoms with Crippen molar-refractivity contribution in [2.45, 2.75) is 32.7 Å². The second kappa shape index (κ2) is 6.48. The Balaban J connectivity index is 2.81. The Kier molecular flexibility index (Phi) is 5.60. The van der Waals surface area contributed by atoms with Gasteiger partial charge in [0.1, 0.15) is 0 Å². The minimum atomic E-state index is 0.486. The van der Waals surface area contributed by atoms with Gasteiger partial charge in [0.15, 0.2) is 0 Å². The van der Waals surface area contributed by atoms with Crippen LogP contribution in [0, 0.1) is 5.92 Å². The molecule has 0 aromatic heterocycles. The van der Waals surface area contributed by atoms with Gasteiger partial charge >= 0.3 is 0 Å². The Morgan fingerprint density at radius 2 is 2.00 bits per heavy atom. The van der Waals surface area contributed by atoms with Gasteiger partial charge in [0, 0.05) is 16.1 Å². The van der Waals surface area contributed by atoms with Crippen molar-refractivity contribution in [1.82, 2.24) is 5.32 Å². The van der Waals surface area contributed by atoms with Crippen LogP contribution in [0.3, 0.4) is 0 Å². The summed E-state index contributed by atoms with van der Waals surface area (Å²) in [5.41, 5.74) is 1.14. The van der Waals surface area contributed by atoms with E-state index < -0.39 is 0 Å². The van der Waals surface area contributed by atoms with Crippen molar-refractivity contribution < 1.29 is 0 Å². The minimum absolute atomic E-state index is 0.486. The van der Waals surface area contributed by atoms with Crippen molar-refractivity contribution in [3.05, 3.63) is 33.8 Å². The van der Waals surface area contributed by atoms with E-state index in [9.17, 15) is 0 Å². The van der Waals surface area contributed by atoms with Gasteiger partial charge in [-0.25, -0.2) is 0 Å². The molecule has 2 unspecified atom stereocenters. The third-order valence-electron chi connectivity index (χ3n) is 3.18. The molecule has 16 heavy (non-hydrogen) atoms. The zero-order valence-electron chi connectivity index (χ0n) is 10.1. The van der Waals surface area contributed by atoms with Crippen molar-refractivity contribution in [3.63, 3.8) is 0 Å². The number of hydrogen-bond acceptors (Lipinski definition) is 1. The maximum absolute atomic E-state index is 6.17. The third kappa shape index (κ3) is 3.65. The van der Waals surface area contributed by atoms with Crippen LogP contribution >= 0.6 is 23.2 Å². The van der Waals surface area contributed by atoms with Gasteiger partial charge in [0.2, 0.25) is 0 Å². The molecule has 0 aliphatic carbocycles. The lowest BCUT2D eigenvalue weighted by atomic mass is 9.91. The molecule has 0 aliphatic heterocycles. The van der Waals surface area contributed by atoms with Crippen LogP contribution in [0.15, 0.2) is 18.2 Å². The fraction of sp³-hybridized carbons (Fsp3) is 0.538. The fourth-order valence-corrected chi connectivity index (χ4v) is 2.28. The Bertz CT molecular complexity index is 339. The summed E-state index contributed by atoms with van der Waals surface area (Å²) >= 11 is 12.1. The van der Waals surface area contributed by atoms with Crippen molar-refractivity contribution in [2.75, 3.05) is 7.05 Å². The van der Waals surface area contributed by atoms with E-state index in [1.165, 1.54) is 0 Å². The molecule has 0 saturated heterocycles. The zero-order chi connectivity index (χ0) is 12.1. The van der Waals surface area contributed by atoms with Gasteiger partial charge < -0.3 is 5.32 Å². The number of halogens is 2. The summed E-state index contributed by atoms with van der Waals surface area (Å²) in [5.74, 6) is 0.584. The first-order valence-electron chi connectivity index (χ1n) is 5.69. The van der Waals surface area contributed by atoms with E-state index in [4.69, 9.17) is 23.2 Å². The molecule has 0 fully saturated rings. The molecule has 0 aliphatic rings. The summed E-state index contributed by atoms with van der Waals surface area (Å²) < 4.78 is 0. The average molecular weight is 260 g/mol. The second-order valence-electron chi connectivity index (χ2n) is 4.19. The summed E-state index contributed by atoms with van der Waals surface area (Å²) in [6, 6.07) is 6.15. The first kappa shape index (κ1) is 13.8. The van der Waals surface area contributed by atoms with Gasteiger partial charge in [-0.2, -0.15) is 0 Å². The van der Waals surface area contributed by atoms with Gasteiger partial charge in [0.05, 0.1) is 0 Å². The Morgan fingerprint density at radius 1 is 1.31 bits per heavy atom. The van der Waals surface area contributed by atoms with E-state index in [0.29, 0.717) is 12.0 Å². The molecule has 90 valence electrons. The first-order valence-corrected chi connectivity index (χ1v) is 6.45. The topological polar surface area (TPSA) is 12.0 Å². The highest BCUT2D eigenvalue weighted by Crippen LogP contribution is 2.25. The lowest BCUT2D eigenvalue weighted by molar-refractivity contribution is 0.381. The van der Waals surface area contributed by atoms with Gasteiger partial charge in [-0.1, -0.05) is 36.5 Å². The van der Waals surface area contributed by atoms with Crippen molar-refractivity contribution in [3.8, 4) is 0 Å². The SMILES string of the molecule is CCC(Cc1cc(Cl)ccc1Cl)C(C)NC. The predicted octanol–water partition coefficient (Wildman–Crippen LogP) is 4.17. The number of hydrogen-bond donors (Lipinski definition) is 1. The van der Waals surface area contributed by atoms with Crippen LogP contribution in [0.4, 0.5) is 0 Å². The van der Waals surface area contributed by atoms with Crippen molar-refractivity contribution in [1.29, 1.82) is 0 Å². The molecule has 0 spiro atoms. The summed E-state index contributed by atoms with van der Waals surface area (Å²) in [4.78, 5) is 0. The van der Waals surface area contributed by atoms with Crippen LogP contribution in [0.2, 0.25) is 10.0 Å². The maximum Gasteiger partial charge on any atom is 0.0439 e. The molecule has 2 atom stereocenters. The second-order valence-corrected chi connectivity index (χ2v) is 5.03. The lowest BCUT2D eigenvalue weighted by Gasteiger charge is -2.22. The molecule has 1 N–H and O–H groups in total.